The van der Waals surface area contributed by atoms with Crippen molar-refractivity contribution in [2.75, 3.05) is 7.05 Å². The summed E-state index contributed by atoms with van der Waals surface area (Å²) in [4.78, 5) is 0. The maximum Gasteiger partial charge on any atom is 0.0438 e. The Bertz CT molecular complexity index is 362. The second-order valence-corrected chi connectivity index (χ2v) is 5.49. The average Bonchev–Trinajstić information content (AvgIpc) is 2.38. The number of hydrogen-bond donors (Lipinski definition) is 1. The summed E-state index contributed by atoms with van der Waals surface area (Å²) in [5.74, 6) is 0.689. The Labute approximate surface area is 117 Å². The fourth-order valence-electron chi connectivity index (χ4n) is 2.55. The summed E-state index contributed by atoms with van der Waals surface area (Å²) in [5, 5.41) is 4.34. The molecule has 0 saturated carbocycles. The van der Waals surface area contributed by atoms with Gasteiger partial charge in [-0.2, -0.15) is 0 Å². The van der Waals surface area contributed by atoms with Crippen LogP contribution < -0.4 is 5.32 Å². The topological polar surface area (TPSA) is 12.0 Å². The van der Waals surface area contributed by atoms with Gasteiger partial charge in [0.05, 0.1) is 0 Å². The van der Waals surface area contributed by atoms with E-state index in [-0.39, 0.29) is 0 Å². The molecule has 0 radical (unpaired) electrons. The highest BCUT2D eigenvalue weighted by atomic mass is 35.5. The molecule has 1 N–H and O–H groups in total. The average molecular weight is 268 g/mol. The molecule has 0 aliphatic carbocycles. The van der Waals surface area contributed by atoms with E-state index in [1.165, 1.54) is 31.2 Å². The van der Waals surface area contributed by atoms with E-state index in [9.17, 15) is 0 Å². The number of nitrogens with one attached hydrogen (secondary N) is 1. The molecule has 102 valence electrons. The van der Waals surface area contributed by atoms with Gasteiger partial charge in [-0.15, -0.1) is 0 Å². The second kappa shape index (κ2) is 7.81. The van der Waals surface area contributed by atoms with Gasteiger partial charge in [-0.3, -0.25) is 0 Å². The third-order valence-corrected chi connectivity index (χ3v) is 4.20. The Hall–Kier alpha value is -0.530. The van der Waals surface area contributed by atoms with Crippen LogP contribution in [0.5, 0.6) is 0 Å². The van der Waals surface area contributed by atoms with Crippen LogP contribution in [0.2, 0.25) is 5.02 Å². The van der Waals surface area contributed by atoms with Crippen LogP contribution in [0.3, 0.4) is 0 Å². The number of rotatable bonds is 7. The van der Waals surface area contributed by atoms with Gasteiger partial charge in [-0.25, -0.2) is 0 Å². The minimum absolute atomic E-state index is 0.416. The van der Waals surface area contributed by atoms with Crippen LogP contribution >= 0.6 is 11.6 Å². The van der Waals surface area contributed by atoms with Gasteiger partial charge in [-0.1, -0.05) is 56.8 Å². The molecular formula is C16H26ClN. The van der Waals surface area contributed by atoms with Crippen LogP contribution in [0.4, 0.5) is 0 Å². The number of halogens is 1. The third kappa shape index (κ3) is 4.00. The van der Waals surface area contributed by atoms with E-state index < -0.39 is 0 Å². The zero-order valence-electron chi connectivity index (χ0n) is 12.1. The molecular weight excluding hydrogens is 242 g/mol. The van der Waals surface area contributed by atoms with Gasteiger partial charge in [0.1, 0.15) is 0 Å². The van der Waals surface area contributed by atoms with Gasteiger partial charge in [-0.05, 0) is 43.5 Å². The molecule has 0 fully saturated rings. The largest absolute Gasteiger partial charge is 0.313 e. The predicted octanol–water partition coefficient (Wildman–Crippen LogP) is 5.13. The zero-order valence-corrected chi connectivity index (χ0v) is 12.8. The van der Waals surface area contributed by atoms with Crippen LogP contribution in [-0.4, -0.2) is 7.05 Å². The molecule has 2 unspecified atom stereocenters. The maximum atomic E-state index is 6.24. The van der Waals surface area contributed by atoms with Crippen molar-refractivity contribution in [3.8, 4) is 0 Å². The summed E-state index contributed by atoms with van der Waals surface area (Å²) in [6.45, 7) is 6.58. The van der Waals surface area contributed by atoms with Crippen molar-refractivity contribution < 1.29 is 0 Å². The summed E-state index contributed by atoms with van der Waals surface area (Å²) in [6, 6.07) is 6.86. The lowest BCUT2D eigenvalue weighted by Crippen LogP contribution is -2.25. The first-order valence-electron chi connectivity index (χ1n) is 7.07. The Morgan fingerprint density at radius 1 is 1.28 bits per heavy atom. The number of hydrogen-bond acceptors (Lipinski definition) is 1. The Morgan fingerprint density at radius 2 is 2.00 bits per heavy atom. The highest BCUT2D eigenvalue weighted by Crippen LogP contribution is 2.30. The number of unbranched alkanes of at least 4 members (excludes halogenated alkanes) is 1. The van der Waals surface area contributed by atoms with E-state index >= 15 is 0 Å². The quantitative estimate of drug-likeness (QED) is 0.723. The van der Waals surface area contributed by atoms with Crippen molar-refractivity contribution in [1.82, 2.24) is 5.32 Å². The molecule has 0 saturated heterocycles. The highest BCUT2D eigenvalue weighted by Gasteiger charge is 2.20. The van der Waals surface area contributed by atoms with Gasteiger partial charge in [0.15, 0.2) is 0 Å². The SMILES string of the molecule is CCCCC(CC)C(NC)c1ccc(C)c(Cl)c1. The lowest BCUT2D eigenvalue weighted by atomic mass is 9.87. The molecule has 2 atom stereocenters. The maximum absolute atomic E-state index is 6.24. The Balaban J connectivity index is 2.88. The van der Waals surface area contributed by atoms with Crippen LogP contribution in [0.15, 0.2) is 18.2 Å². The second-order valence-electron chi connectivity index (χ2n) is 5.09. The number of aryl methyl sites for hydroxylation is 1. The smallest absolute Gasteiger partial charge is 0.0438 e. The van der Waals surface area contributed by atoms with Crippen molar-refractivity contribution in [1.29, 1.82) is 0 Å². The van der Waals surface area contributed by atoms with Gasteiger partial charge in [0.25, 0.3) is 0 Å². The highest BCUT2D eigenvalue weighted by molar-refractivity contribution is 6.31. The molecule has 1 nitrogen and oxygen atoms in total. The van der Waals surface area contributed by atoms with Crippen molar-refractivity contribution in [3.63, 3.8) is 0 Å². The molecule has 0 aliphatic heterocycles. The molecule has 0 heterocycles. The molecule has 1 aromatic rings. The van der Waals surface area contributed by atoms with Crippen LogP contribution in [-0.2, 0) is 0 Å². The van der Waals surface area contributed by atoms with Crippen molar-refractivity contribution in [2.45, 2.75) is 52.5 Å². The zero-order chi connectivity index (χ0) is 13.5. The third-order valence-electron chi connectivity index (χ3n) is 3.79. The standard InChI is InChI=1S/C16H26ClN/c1-5-7-8-13(6-2)16(18-4)14-10-9-12(3)15(17)11-14/h9-11,13,16,18H,5-8H2,1-4H3. The minimum Gasteiger partial charge on any atom is -0.313 e. The first-order valence-corrected chi connectivity index (χ1v) is 7.45. The van der Waals surface area contributed by atoms with Gasteiger partial charge >= 0.3 is 0 Å². The normalized spacial score (nSPS) is 14.5. The first-order chi connectivity index (χ1) is 8.63. The van der Waals surface area contributed by atoms with Crippen LogP contribution in [0, 0.1) is 12.8 Å². The molecule has 1 rings (SSSR count). The molecule has 0 aromatic heterocycles. The van der Waals surface area contributed by atoms with E-state index in [0.29, 0.717) is 12.0 Å². The van der Waals surface area contributed by atoms with Crippen LogP contribution in [0.25, 0.3) is 0 Å². The van der Waals surface area contributed by atoms with E-state index in [1.54, 1.807) is 0 Å². The molecule has 1 aromatic carbocycles. The first kappa shape index (κ1) is 15.5. The number of benzene rings is 1. The Morgan fingerprint density at radius 3 is 2.50 bits per heavy atom. The molecule has 0 amide bonds. The molecule has 2 heteroatoms. The predicted molar refractivity (Wildman–Crippen MR) is 81.3 cm³/mol. The summed E-state index contributed by atoms with van der Waals surface area (Å²) in [5.41, 5.74) is 2.47. The monoisotopic (exact) mass is 267 g/mol. The van der Waals surface area contributed by atoms with Crippen molar-refractivity contribution in [3.05, 3.63) is 34.3 Å². The summed E-state index contributed by atoms with van der Waals surface area (Å²) in [6.07, 6.45) is 5.05. The van der Waals surface area contributed by atoms with E-state index in [4.69, 9.17) is 11.6 Å². The lowest BCUT2D eigenvalue weighted by molar-refractivity contribution is 0.339. The van der Waals surface area contributed by atoms with Crippen LogP contribution in [0.1, 0.15) is 56.7 Å². The van der Waals surface area contributed by atoms with Gasteiger partial charge in [0.2, 0.25) is 0 Å². The van der Waals surface area contributed by atoms with Gasteiger partial charge < -0.3 is 5.32 Å². The summed E-state index contributed by atoms with van der Waals surface area (Å²) in [7, 11) is 2.05. The molecule has 18 heavy (non-hydrogen) atoms. The van der Waals surface area contributed by atoms with E-state index in [2.05, 4.69) is 44.3 Å². The Kier molecular flexibility index (Phi) is 6.73. The van der Waals surface area contributed by atoms with E-state index in [0.717, 1.165) is 10.6 Å². The van der Waals surface area contributed by atoms with E-state index in [1.807, 2.05) is 7.05 Å². The minimum atomic E-state index is 0.416. The lowest BCUT2D eigenvalue weighted by Gasteiger charge is -2.26. The molecule has 0 aliphatic rings. The fourth-order valence-corrected chi connectivity index (χ4v) is 2.74. The van der Waals surface area contributed by atoms with Gasteiger partial charge in [0, 0.05) is 11.1 Å². The van der Waals surface area contributed by atoms with Crippen molar-refractivity contribution >= 4 is 11.6 Å². The fraction of sp³-hybridized carbons (Fsp3) is 0.625. The molecule has 0 spiro atoms. The summed E-state index contributed by atoms with van der Waals surface area (Å²) >= 11 is 6.24. The molecule has 0 bridgehead atoms. The van der Waals surface area contributed by atoms with Crippen molar-refractivity contribution in [2.24, 2.45) is 5.92 Å². The summed E-state index contributed by atoms with van der Waals surface area (Å²) < 4.78 is 0.